The molecule has 2 aromatic rings. The van der Waals surface area contributed by atoms with Crippen molar-refractivity contribution in [1.29, 1.82) is 0 Å². The number of carboxylic acids is 2. The monoisotopic (exact) mass is 449 g/mol. The molecule has 1 aromatic heterocycles. The number of aromatic nitrogens is 2. The molecule has 1 amide bonds. The second kappa shape index (κ2) is 9.68. The van der Waals surface area contributed by atoms with Gasteiger partial charge in [0.2, 0.25) is 5.95 Å². The Morgan fingerprint density at radius 1 is 1.34 bits per heavy atom. The summed E-state index contributed by atoms with van der Waals surface area (Å²) >= 11 is 0. The fourth-order valence-electron chi connectivity index (χ4n) is 2.70. The first kappa shape index (κ1) is 17.4. The number of benzene rings is 1. The molecule has 170 valence electrons. The Morgan fingerprint density at radius 2 is 2.06 bits per heavy atom. The first-order valence-electron chi connectivity index (χ1n) is 11.3. The highest BCUT2D eigenvalue weighted by Gasteiger charge is 2.23. The van der Waals surface area contributed by atoms with Crippen molar-refractivity contribution in [3.05, 3.63) is 40.2 Å². The predicted molar refractivity (Wildman–Crippen MR) is 116 cm³/mol. The number of hydrogen-bond acceptors (Lipinski definition) is 9. The lowest BCUT2D eigenvalue weighted by atomic mass is 10.1. The highest BCUT2D eigenvalue weighted by molar-refractivity contribution is 5.96. The van der Waals surface area contributed by atoms with Gasteiger partial charge in [-0.2, -0.15) is 4.98 Å². The predicted octanol–water partition coefficient (Wildman–Crippen LogP) is -0.282. The number of hydrogen-bond donors (Lipinski definition) is 8. The number of carbonyl (C=O) groups excluding carboxylic acids is 1. The van der Waals surface area contributed by atoms with Crippen LogP contribution in [0.3, 0.4) is 0 Å². The van der Waals surface area contributed by atoms with Crippen LogP contribution in [0.25, 0.3) is 0 Å². The molecule has 2 unspecified atom stereocenters. The Labute approximate surface area is 187 Å². The van der Waals surface area contributed by atoms with Gasteiger partial charge in [0.05, 0.1) is 11.5 Å². The number of anilines is 4. The van der Waals surface area contributed by atoms with Crippen molar-refractivity contribution < 1.29 is 30.1 Å². The van der Waals surface area contributed by atoms with Crippen LogP contribution < -0.4 is 32.6 Å². The van der Waals surface area contributed by atoms with E-state index in [1.54, 1.807) is 0 Å². The van der Waals surface area contributed by atoms with Crippen molar-refractivity contribution in [2.24, 2.45) is 0 Å². The van der Waals surface area contributed by atoms with E-state index in [2.05, 4.69) is 31.2 Å². The van der Waals surface area contributed by atoms with Crippen LogP contribution in [-0.2, 0) is 9.59 Å². The van der Waals surface area contributed by atoms with E-state index in [4.69, 9.17) is 16.3 Å². The molecule has 1 aliphatic heterocycles. The van der Waals surface area contributed by atoms with Crippen molar-refractivity contribution in [3.8, 4) is 0 Å². The molecule has 0 spiro atoms. The first-order valence-corrected chi connectivity index (χ1v) is 9.24. The number of nitrogens with one attached hydrogen (secondary N) is 5. The first-order chi connectivity index (χ1) is 16.7. The number of carboxylic acid groups (broad SMARTS) is 2. The Bertz CT molecular complexity index is 1240. The molecule has 0 aliphatic carbocycles. The van der Waals surface area contributed by atoms with Gasteiger partial charge in [-0.25, -0.2) is 4.79 Å². The van der Waals surface area contributed by atoms with Crippen molar-refractivity contribution >= 4 is 41.0 Å². The van der Waals surface area contributed by atoms with E-state index in [9.17, 15) is 24.3 Å². The summed E-state index contributed by atoms with van der Waals surface area (Å²) in [6.07, 6.45) is -0.769. The van der Waals surface area contributed by atoms with Crippen LogP contribution in [0.1, 0.15) is 28.7 Å². The van der Waals surface area contributed by atoms with Crippen LogP contribution in [-0.4, -0.2) is 63.1 Å². The van der Waals surface area contributed by atoms with Gasteiger partial charge in [-0.15, -0.1) is 0 Å². The Morgan fingerprint density at radius 3 is 2.72 bits per heavy atom. The highest BCUT2D eigenvalue weighted by atomic mass is 16.4. The summed E-state index contributed by atoms with van der Waals surface area (Å²) in [5, 5.41) is 27.5. The summed E-state index contributed by atoms with van der Waals surface area (Å²) in [7, 11) is 0. The Hall–Kier alpha value is -4.29. The normalized spacial score (nSPS) is 22.3. The third kappa shape index (κ3) is 5.65. The molecular formula is C19H23N7O6. The van der Waals surface area contributed by atoms with Gasteiger partial charge in [-0.3, -0.25) is 19.4 Å². The van der Waals surface area contributed by atoms with Crippen LogP contribution in [0.2, 0.25) is 0 Å². The molecule has 0 fully saturated rings. The van der Waals surface area contributed by atoms with Crippen LogP contribution in [0.5, 0.6) is 0 Å². The fraction of sp³-hybridized carbons (Fsp3) is 0.316. The third-order valence-corrected chi connectivity index (χ3v) is 4.29. The molecule has 3 atom stereocenters. The van der Waals surface area contributed by atoms with Crippen molar-refractivity contribution in [3.63, 3.8) is 0 Å². The number of nitrogen functional groups attached to an aromatic ring is 1. The van der Waals surface area contributed by atoms with Gasteiger partial charge in [0.25, 0.3) is 11.5 Å². The average Bonchev–Trinajstić information content (AvgIpc) is 2.77. The van der Waals surface area contributed by atoms with Gasteiger partial charge in [0, 0.05) is 30.7 Å². The molecular weight excluding hydrogens is 422 g/mol. The highest BCUT2D eigenvalue weighted by Crippen LogP contribution is 2.20. The zero-order valence-corrected chi connectivity index (χ0v) is 16.4. The van der Waals surface area contributed by atoms with Crippen molar-refractivity contribution in [2.75, 3.05) is 34.7 Å². The quantitative estimate of drug-likeness (QED) is 0.249. The lowest BCUT2D eigenvalue weighted by molar-refractivity contribution is -0.140. The van der Waals surface area contributed by atoms with Crippen LogP contribution in [0.15, 0.2) is 29.1 Å². The Kier molecular flexibility index (Phi) is 5.26. The maximum atomic E-state index is 12.4. The van der Waals surface area contributed by atoms with E-state index in [0.29, 0.717) is 0 Å². The molecule has 9 N–H and O–H groups in total. The number of H-pyrrole nitrogens is 1. The third-order valence-electron chi connectivity index (χ3n) is 4.29. The lowest BCUT2D eigenvalue weighted by Crippen LogP contribution is -2.41. The largest absolute Gasteiger partial charge is 0.481 e. The Balaban J connectivity index is 1.74. The van der Waals surface area contributed by atoms with Crippen LogP contribution in [0.4, 0.5) is 23.1 Å². The maximum absolute atomic E-state index is 12.4. The van der Waals surface area contributed by atoms with E-state index in [1.807, 2.05) is 0 Å². The number of rotatable bonds is 9. The molecule has 0 saturated carbocycles. The maximum Gasteiger partial charge on any atom is 0.326 e. The minimum absolute atomic E-state index is 0.0169. The summed E-state index contributed by atoms with van der Waals surface area (Å²) in [4.78, 5) is 52.6. The number of nitrogens with two attached hydrogens (primary N) is 1. The summed E-state index contributed by atoms with van der Waals surface area (Å²) in [6.45, 7) is -4.29. The molecule has 0 bridgehead atoms. The fourth-order valence-corrected chi connectivity index (χ4v) is 2.70. The van der Waals surface area contributed by atoms with E-state index in [1.165, 1.54) is 24.3 Å². The summed E-state index contributed by atoms with van der Waals surface area (Å²) in [5.41, 5.74) is 4.57. The molecule has 0 saturated heterocycles. The lowest BCUT2D eigenvalue weighted by Gasteiger charge is -2.27. The minimum Gasteiger partial charge on any atom is -0.481 e. The van der Waals surface area contributed by atoms with E-state index >= 15 is 0 Å². The van der Waals surface area contributed by atoms with Crippen molar-refractivity contribution in [1.82, 2.24) is 15.3 Å². The minimum atomic E-state index is -2.66. The standard InChI is InChI=1S/C19H23N7O6/c20-19-25-15-14(17(30)26-19)23-11(8-22-15)7-21-10-3-1-9(2-4-10)16(29)24-12(18(31)32)5-6-13(27)28/h1-4,11-12,21,23H,5-8H2,(H,24,29)(H,27,28)(H,31,32)(H4,20,22,25,26,30)/t11?,12-/m0/s1/i7D2,8D,11D/t8?,11?,12-. The summed E-state index contributed by atoms with van der Waals surface area (Å²) < 4.78 is 33.6. The second-order valence-electron chi connectivity index (χ2n) is 6.63. The van der Waals surface area contributed by atoms with Gasteiger partial charge >= 0.3 is 11.9 Å². The van der Waals surface area contributed by atoms with Gasteiger partial charge in [-0.05, 0) is 30.7 Å². The number of fused-ring (bicyclic) bond motifs is 1. The zero-order valence-electron chi connectivity index (χ0n) is 20.4. The number of nitrogens with zero attached hydrogens (tertiary/aromatic N) is 1. The van der Waals surface area contributed by atoms with Crippen molar-refractivity contribution in [2.45, 2.75) is 24.9 Å². The van der Waals surface area contributed by atoms with Crippen LogP contribution in [0, 0.1) is 0 Å². The molecule has 3 rings (SSSR count). The summed E-state index contributed by atoms with van der Waals surface area (Å²) in [6, 6.07) is 1.26. The number of aliphatic carboxylic acids is 2. The van der Waals surface area contributed by atoms with E-state index in [0.717, 1.165) is 0 Å². The second-order valence-corrected chi connectivity index (χ2v) is 6.63. The molecule has 0 radical (unpaired) electrons. The van der Waals surface area contributed by atoms with Gasteiger partial charge in [-0.1, -0.05) is 0 Å². The van der Waals surface area contributed by atoms with Gasteiger partial charge in [0.15, 0.2) is 5.82 Å². The van der Waals surface area contributed by atoms with Gasteiger partial charge < -0.3 is 37.2 Å². The molecule has 1 aromatic carbocycles. The SMILES string of the molecule is [2H]C1Nc2nc(N)[nH]c(=O)c2NC1([2H])C([2H])([2H])Nc1ccc(C(=O)N[C@@H](CCC(=O)O)C(=O)O)cc1. The average molecular weight is 449 g/mol. The molecule has 2 heterocycles. The van der Waals surface area contributed by atoms with E-state index in [-0.39, 0.29) is 35.1 Å². The molecule has 1 aliphatic rings. The number of aromatic amines is 1. The number of carbonyl (C=O) groups is 3. The molecule has 13 heteroatoms. The molecule has 32 heavy (non-hydrogen) atoms. The van der Waals surface area contributed by atoms with Crippen LogP contribution >= 0.6 is 0 Å². The zero-order chi connectivity index (χ0) is 26.8. The smallest absolute Gasteiger partial charge is 0.326 e. The number of amides is 1. The topological polar surface area (TPSA) is 212 Å². The van der Waals surface area contributed by atoms with Gasteiger partial charge in [0.1, 0.15) is 11.7 Å². The molecule has 13 nitrogen and oxygen atoms in total. The summed E-state index contributed by atoms with van der Waals surface area (Å²) in [5.74, 6) is -3.72. The van der Waals surface area contributed by atoms with E-state index < -0.39 is 54.9 Å².